The number of rotatable bonds is 4. The van der Waals surface area contributed by atoms with E-state index >= 15 is 0 Å². The van der Waals surface area contributed by atoms with Crippen LogP contribution in [-0.4, -0.2) is 11.1 Å². The number of aryl methyl sites for hydroxylation is 2. The Morgan fingerprint density at radius 2 is 1.80 bits per heavy atom. The average molecular weight is 334 g/mol. The summed E-state index contributed by atoms with van der Waals surface area (Å²) in [5.74, 6) is 0.746. The van der Waals surface area contributed by atoms with Gasteiger partial charge < -0.3 is 9.84 Å². The molecule has 25 heavy (non-hydrogen) atoms. The van der Waals surface area contributed by atoms with Gasteiger partial charge in [0.15, 0.2) is 0 Å². The molecule has 1 N–H and O–H groups in total. The van der Waals surface area contributed by atoms with Crippen LogP contribution in [0, 0.1) is 13.8 Å². The average Bonchev–Trinajstić information content (AvgIpc) is 2.97. The first kappa shape index (κ1) is 17.0. The molecule has 4 nitrogen and oxygen atoms in total. The molecule has 0 radical (unpaired) electrons. The van der Waals surface area contributed by atoms with Crippen molar-refractivity contribution in [2.75, 3.05) is 5.32 Å². The van der Waals surface area contributed by atoms with Crippen LogP contribution >= 0.6 is 0 Å². The van der Waals surface area contributed by atoms with Crippen molar-refractivity contribution in [3.8, 4) is 11.3 Å². The standard InChI is InChI=1S/C21H22N2O2/c1-13(2)18-11-10-17(12-14(18)3)22-21(24)19-15(4)25-23-20(19)16-8-6-5-7-9-16/h5-13H,1-4H3,(H,22,24). The highest BCUT2D eigenvalue weighted by atomic mass is 16.5. The summed E-state index contributed by atoms with van der Waals surface area (Å²) in [6.07, 6.45) is 0. The molecule has 0 saturated carbocycles. The molecule has 0 saturated heterocycles. The number of benzene rings is 2. The van der Waals surface area contributed by atoms with E-state index in [9.17, 15) is 4.79 Å². The number of aromatic nitrogens is 1. The SMILES string of the molecule is Cc1cc(NC(=O)c2c(-c3ccccc3)noc2C)ccc1C(C)C. The van der Waals surface area contributed by atoms with Crippen LogP contribution in [0.1, 0.15) is 47.0 Å². The number of hydrogen-bond acceptors (Lipinski definition) is 3. The number of nitrogens with zero attached hydrogens (tertiary/aromatic N) is 1. The smallest absolute Gasteiger partial charge is 0.261 e. The first-order valence-electron chi connectivity index (χ1n) is 8.41. The topological polar surface area (TPSA) is 55.1 Å². The molecular weight excluding hydrogens is 312 g/mol. The third-order valence-electron chi connectivity index (χ3n) is 4.29. The van der Waals surface area contributed by atoms with Gasteiger partial charge in [0, 0.05) is 11.3 Å². The van der Waals surface area contributed by atoms with Crippen LogP contribution in [0.15, 0.2) is 53.1 Å². The first-order chi connectivity index (χ1) is 12.0. The Kier molecular flexibility index (Phi) is 4.70. The predicted molar refractivity (Wildman–Crippen MR) is 99.9 cm³/mol. The summed E-state index contributed by atoms with van der Waals surface area (Å²) in [7, 11) is 0. The fourth-order valence-corrected chi connectivity index (χ4v) is 3.03. The Bertz CT molecular complexity index is 896. The van der Waals surface area contributed by atoms with Gasteiger partial charge in [0.25, 0.3) is 5.91 Å². The van der Waals surface area contributed by atoms with Gasteiger partial charge in [-0.05, 0) is 43.0 Å². The van der Waals surface area contributed by atoms with E-state index < -0.39 is 0 Å². The summed E-state index contributed by atoms with van der Waals surface area (Å²) in [6, 6.07) is 15.6. The van der Waals surface area contributed by atoms with Gasteiger partial charge >= 0.3 is 0 Å². The lowest BCUT2D eigenvalue weighted by atomic mass is 9.97. The van der Waals surface area contributed by atoms with E-state index in [0.29, 0.717) is 22.9 Å². The number of nitrogens with one attached hydrogen (secondary N) is 1. The van der Waals surface area contributed by atoms with E-state index in [4.69, 9.17) is 4.52 Å². The monoisotopic (exact) mass is 334 g/mol. The zero-order chi connectivity index (χ0) is 18.0. The van der Waals surface area contributed by atoms with Crippen LogP contribution in [0.3, 0.4) is 0 Å². The fourth-order valence-electron chi connectivity index (χ4n) is 3.03. The molecule has 0 atom stereocenters. The highest BCUT2D eigenvalue weighted by Gasteiger charge is 2.21. The zero-order valence-corrected chi connectivity index (χ0v) is 15.0. The molecular formula is C21H22N2O2. The second-order valence-electron chi connectivity index (χ2n) is 6.51. The van der Waals surface area contributed by atoms with Gasteiger partial charge in [-0.3, -0.25) is 4.79 Å². The molecule has 128 valence electrons. The van der Waals surface area contributed by atoms with Gasteiger partial charge in [0.05, 0.1) is 0 Å². The van der Waals surface area contributed by atoms with Gasteiger partial charge in [0.1, 0.15) is 17.0 Å². The van der Waals surface area contributed by atoms with Crippen LogP contribution in [0.2, 0.25) is 0 Å². The molecule has 1 aromatic heterocycles. The third kappa shape index (κ3) is 3.48. The van der Waals surface area contributed by atoms with Crippen molar-refractivity contribution in [2.45, 2.75) is 33.6 Å². The summed E-state index contributed by atoms with van der Waals surface area (Å²) >= 11 is 0. The maximum absolute atomic E-state index is 12.8. The molecule has 0 aliphatic rings. The molecule has 2 aromatic carbocycles. The van der Waals surface area contributed by atoms with Crippen LogP contribution in [0.25, 0.3) is 11.3 Å². The van der Waals surface area contributed by atoms with Gasteiger partial charge in [-0.15, -0.1) is 0 Å². The zero-order valence-electron chi connectivity index (χ0n) is 15.0. The predicted octanol–water partition coefficient (Wildman–Crippen LogP) is 5.33. The molecule has 0 bridgehead atoms. The Morgan fingerprint density at radius 1 is 1.08 bits per heavy atom. The van der Waals surface area contributed by atoms with Crippen LogP contribution in [0.4, 0.5) is 5.69 Å². The van der Waals surface area contributed by atoms with Crippen molar-refractivity contribution in [3.05, 3.63) is 71.0 Å². The van der Waals surface area contributed by atoms with E-state index in [1.807, 2.05) is 42.5 Å². The highest BCUT2D eigenvalue weighted by molar-refractivity contribution is 6.08. The van der Waals surface area contributed by atoms with Crippen molar-refractivity contribution in [3.63, 3.8) is 0 Å². The molecule has 0 aliphatic heterocycles. The van der Waals surface area contributed by atoms with Gasteiger partial charge in [-0.1, -0.05) is 55.4 Å². The number of hydrogen-bond donors (Lipinski definition) is 1. The molecule has 3 rings (SSSR count). The Labute approximate surface area is 147 Å². The molecule has 0 fully saturated rings. The quantitative estimate of drug-likeness (QED) is 0.701. The number of carbonyl (C=O) groups is 1. The van der Waals surface area contributed by atoms with Crippen LogP contribution in [0.5, 0.6) is 0 Å². The van der Waals surface area contributed by atoms with Gasteiger partial charge in [-0.2, -0.15) is 0 Å². The Morgan fingerprint density at radius 3 is 2.44 bits per heavy atom. The summed E-state index contributed by atoms with van der Waals surface area (Å²) in [5, 5.41) is 7.03. The lowest BCUT2D eigenvalue weighted by molar-refractivity contribution is 0.102. The largest absolute Gasteiger partial charge is 0.360 e. The van der Waals surface area contributed by atoms with Crippen molar-refractivity contribution < 1.29 is 9.32 Å². The summed E-state index contributed by atoms with van der Waals surface area (Å²) in [5.41, 5.74) is 5.10. The number of amides is 1. The van der Waals surface area contributed by atoms with Gasteiger partial charge in [-0.25, -0.2) is 0 Å². The van der Waals surface area contributed by atoms with Crippen molar-refractivity contribution >= 4 is 11.6 Å². The lowest BCUT2D eigenvalue weighted by Crippen LogP contribution is -2.13. The molecule has 0 unspecified atom stereocenters. The van der Waals surface area contributed by atoms with E-state index in [2.05, 4.69) is 37.3 Å². The summed E-state index contributed by atoms with van der Waals surface area (Å²) in [4.78, 5) is 12.8. The maximum atomic E-state index is 12.8. The number of anilines is 1. The minimum absolute atomic E-state index is 0.214. The molecule has 1 heterocycles. The first-order valence-corrected chi connectivity index (χ1v) is 8.41. The summed E-state index contributed by atoms with van der Waals surface area (Å²) in [6.45, 7) is 8.13. The van der Waals surface area contributed by atoms with Crippen molar-refractivity contribution in [1.82, 2.24) is 5.16 Å². The lowest BCUT2D eigenvalue weighted by Gasteiger charge is -2.12. The summed E-state index contributed by atoms with van der Waals surface area (Å²) < 4.78 is 5.27. The van der Waals surface area contributed by atoms with Crippen LogP contribution < -0.4 is 5.32 Å². The molecule has 4 heteroatoms. The fraction of sp³-hybridized carbons (Fsp3) is 0.238. The van der Waals surface area contributed by atoms with Crippen molar-refractivity contribution in [2.24, 2.45) is 0 Å². The second-order valence-corrected chi connectivity index (χ2v) is 6.51. The minimum atomic E-state index is -0.214. The van der Waals surface area contributed by atoms with Crippen molar-refractivity contribution in [1.29, 1.82) is 0 Å². The van der Waals surface area contributed by atoms with E-state index in [1.54, 1.807) is 6.92 Å². The Balaban J connectivity index is 1.90. The molecule has 3 aromatic rings. The number of carbonyl (C=O) groups excluding carboxylic acids is 1. The molecule has 1 amide bonds. The van der Waals surface area contributed by atoms with E-state index in [0.717, 1.165) is 16.8 Å². The van der Waals surface area contributed by atoms with E-state index in [-0.39, 0.29) is 5.91 Å². The van der Waals surface area contributed by atoms with E-state index in [1.165, 1.54) is 5.56 Å². The normalized spacial score (nSPS) is 10.9. The minimum Gasteiger partial charge on any atom is -0.360 e. The maximum Gasteiger partial charge on any atom is 0.261 e. The second kappa shape index (κ2) is 6.93. The highest BCUT2D eigenvalue weighted by Crippen LogP contribution is 2.27. The third-order valence-corrected chi connectivity index (χ3v) is 4.29. The van der Waals surface area contributed by atoms with Gasteiger partial charge in [0.2, 0.25) is 0 Å². The van der Waals surface area contributed by atoms with Crippen LogP contribution in [-0.2, 0) is 0 Å². The molecule has 0 aliphatic carbocycles. The Hall–Kier alpha value is -2.88. The molecule has 0 spiro atoms.